The Morgan fingerprint density at radius 3 is 2.23 bits per heavy atom. The van der Waals surface area contributed by atoms with Crippen LogP contribution in [0.2, 0.25) is 0 Å². The van der Waals surface area contributed by atoms with Crippen LogP contribution in [-0.2, 0) is 4.74 Å². The van der Waals surface area contributed by atoms with Crippen LogP contribution < -0.4 is 9.64 Å². The summed E-state index contributed by atoms with van der Waals surface area (Å²) >= 11 is 0. The van der Waals surface area contributed by atoms with Crippen LogP contribution >= 0.6 is 0 Å². The second-order valence-electron chi connectivity index (χ2n) is 6.74. The van der Waals surface area contributed by atoms with E-state index >= 15 is 0 Å². The Labute approximate surface area is 177 Å². The van der Waals surface area contributed by atoms with Gasteiger partial charge in [0, 0.05) is 5.56 Å². The number of Topliss-reactive ketones (excluding diaryl/α,β-unsaturated/α-hetero) is 1. The van der Waals surface area contributed by atoms with Gasteiger partial charge in [-0.1, -0.05) is 36.4 Å². The van der Waals surface area contributed by atoms with E-state index in [4.69, 9.17) is 9.47 Å². The summed E-state index contributed by atoms with van der Waals surface area (Å²) in [5, 5.41) is 0. The summed E-state index contributed by atoms with van der Waals surface area (Å²) in [6.45, 7) is -0.481. The highest BCUT2D eigenvalue weighted by Crippen LogP contribution is 2.34. The molecule has 0 aromatic heterocycles. The Balaban J connectivity index is 1.54. The molecule has 1 heterocycles. The van der Waals surface area contributed by atoms with Gasteiger partial charge in [-0.15, -0.1) is 0 Å². The lowest BCUT2D eigenvalue weighted by molar-refractivity contribution is 0.0474. The highest BCUT2D eigenvalue weighted by atomic mass is 16.5. The molecule has 0 spiro atoms. The van der Waals surface area contributed by atoms with Crippen LogP contribution in [0.5, 0.6) is 5.75 Å². The van der Waals surface area contributed by atoms with Gasteiger partial charge in [0.05, 0.1) is 29.5 Å². The van der Waals surface area contributed by atoms with Gasteiger partial charge >= 0.3 is 5.97 Å². The predicted molar refractivity (Wildman–Crippen MR) is 112 cm³/mol. The van der Waals surface area contributed by atoms with Crippen molar-refractivity contribution in [1.29, 1.82) is 0 Å². The first-order valence-electron chi connectivity index (χ1n) is 9.42. The predicted octanol–water partition coefficient (Wildman–Crippen LogP) is 3.54. The summed E-state index contributed by atoms with van der Waals surface area (Å²) in [6, 6.07) is 19.2. The molecule has 0 bridgehead atoms. The van der Waals surface area contributed by atoms with Gasteiger partial charge < -0.3 is 9.47 Å². The lowest BCUT2D eigenvalue weighted by atomic mass is 10.0. The van der Waals surface area contributed by atoms with Gasteiger partial charge in [0.25, 0.3) is 11.8 Å². The largest absolute Gasteiger partial charge is 0.495 e. The number of rotatable bonds is 6. The number of anilines is 1. The number of hydrogen-bond acceptors (Lipinski definition) is 6. The number of amides is 2. The van der Waals surface area contributed by atoms with Crippen molar-refractivity contribution in [3.63, 3.8) is 0 Å². The van der Waals surface area contributed by atoms with E-state index in [1.165, 1.54) is 25.3 Å². The van der Waals surface area contributed by atoms with Crippen LogP contribution in [0.15, 0.2) is 72.8 Å². The maximum absolute atomic E-state index is 13.0. The minimum atomic E-state index is -0.622. The molecule has 31 heavy (non-hydrogen) atoms. The van der Waals surface area contributed by atoms with Crippen LogP contribution in [0, 0.1) is 0 Å². The maximum Gasteiger partial charge on any atom is 0.338 e. The molecule has 0 atom stereocenters. The second kappa shape index (κ2) is 8.23. The number of fused-ring (bicyclic) bond motifs is 1. The van der Waals surface area contributed by atoms with Crippen molar-refractivity contribution >= 4 is 29.3 Å². The zero-order valence-corrected chi connectivity index (χ0v) is 16.5. The first-order valence-corrected chi connectivity index (χ1v) is 9.42. The topological polar surface area (TPSA) is 90.0 Å². The Morgan fingerprint density at radius 2 is 1.48 bits per heavy atom. The second-order valence-corrected chi connectivity index (χ2v) is 6.74. The summed E-state index contributed by atoms with van der Waals surface area (Å²) in [7, 11) is 1.45. The van der Waals surface area contributed by atoms with Crippen molar-refractivity contribution in [3.05, 3.63) is 95.1 Å². The van der Waals surface area contributed by atoms with Crippen molar-refractivity contribution in [2.75, 3.05) is 18.6 Å². The van der Waals surface area contributed by atoms with Gasteiger partial charge in [-0.05, 0) is 36.4 Å². The van der Waals surface area contributed by atoms with E-state index in [1.54, 1.807) is 54.6 Å². The van der Waals surface area contributed by atoms with Gasteiger partial charge in [0.1, 0.15) is 5.75 Å². The molecule has 0 aliphatic carbocycles. The van der Waals surface area contributed by atoms with Crippen molar-refractivity contribution in [2.45, 2.75) is 0 Å². The Kier molecular flexibility index (Phi) is 5.32. The maximum atomic E-state index is 13.0. The number of methoxy groups -OCH3 is 1. The molecule has 0 radical (unpaired) electrons. The van der Waals surface area contributed by atoms with E-state index in [2.05, 4.69) is 0 Å². The highest BCUT2D eigenvalue weighted by molar-refractivity contribution is 6.35. The summed E-state index contributed by atoms with van der Waals surface area (Å²) in [5.41, 5.74) is 1.12. The lowest BCUT2D eigenvalue weighted by Crippen LogP contribution is -2.29. The molecule has 2 amide bonds. The van der Waals surface area contributed by atoms with E-state index in [-0.39, 0.29) is 16.7 Å². The SMILES string of the molecule is COc1ccccc1N1C(=O)c2ccc(C(=O)COC(=O)c3ccccc3)cc2C1=O. The third-order valence-electron chi connectivity index (χ3n) is 4.88. The normalized spacial score (nSPS) is 12.5. The molecule has 154 valence electrons. The molecule has 7 nitrogen and oxygen atoms in total. The van der Waals surface area contributed by atoms with E-state index in [0.29, 0.717) is 17.0 Å². The Morgan fingerprint density at radius 1 is 0.806 bits per heavy atom. The molecule has 7 heteroatoms. The number of carbonyl (C=O) groups is 4. The summed E-state index contributed by atoms with van der Waals surface area (Å²) in [6.07, 6.45) is 0. The fourth-order valence-corrected chi connectivity index (χ4v) is 3.32. The van der Waals surface area contributed by atoms with E-state index in [1.807, 2.05) is 0 Å². The zero-order valence-electron chi connectivity index (χ0n) is 16.5. The molecular formula is C24H17NO6. The summed E-state index contributed by atoms with van der Waals surface area (Å²) in [4.78, 5) is 51.3. The number of ether oxygens (including phenoxy) is 2. The number of esters is 1. The quantitative estimate of drug-likeness (QED) is 0.348. The van der Waals surface area contributed by atoms with Crippen LogP contribution in [0.3, 0.4) is 0 Å². The van der Waals surface area contributed by atoms with Gasteiger partial charge in [0.2, 0.25) is 0 Å². The van der Waals surface area contributed by atoms with Gasteiger partial charge in [-0.2, -0.15) is 0 Å². The lowest BCUT2D eigenvalue weighted by Gasteiger charge is -2.16. The minimum absolute atomic E-state index is 0.108. The fraction of sp³-hybridized carbons (Fsp3) is 0.0833. The van der Waals surface area contributed by atoms with Gasteiger partial charge in [-0.25, -0.2) is 9.69 Å². The molecule has 1 aliphatic rings. The van der Waals surface area contributed by atoms with E-state index in [9.17, 15) is 19.2 Å². The number of nitrogens with zero attached hydrogens (tertiary/aromatic N) is 1. The number of hydrogen-bond donors (Lipinski definition) is 0. The number of carbonyl (C=O) groups excluding carboxylic acids is 4. The number of para-hydroxylation sites is 2. The minimum Gasteiger partial charge on any atom is -0.495 e. The van der Waals surface area contributed by atoms with E-state index in [0.717, 1.165) is 4.90 Å². The standard InChI is InChI=1S/C24H17NO6/c1-30-21-10-6-5-9-19(21)25-22(27)17-12-11-16(13-18(17)23(25)28)20(26)14-31-24(29)15-7-3-2-4-8-15/h2-13H,14H2,1H3. The molecule has 0 saturated carbocycles. The first kappa shape index (κ1) is 20.0. The molecule has 3 aromatic rings. The van der Waals surface area contributed by atoms with Crippen LogP contribution in [0.4, 0.5) is 5.69 Å². The molecule has 0 N–H and O–H groups in total. The highest BCUT2D eigenvalue weighted by Gasteiger charge is 2.38. The molecule has 0 fully saturated rings. The molecule has 0 unspecified atom stereocenters. The van der Waals surface area contributed by atoms with Crippen molar-refractivity contribution < 1.29 is 28.7 Å². The summed E-state index contributed by atoms with van der Waals surface area (Å²) < 4.78 is 10.3. The molecule has 4 rings (SSSR count). The average Bonchev–Trinajstić information content (AvgIpc) is 3.07. The number of imide groups is 1. The van der Waals surface area contributed by atoms with Crippen LogP contribution in [0.1, 0.15) is 41.4 Å². The van der Waals surface area contributed by atoms with Crippen LogP contribution in [0.25, 0.3) is 0 Å². The third kappa shape index (κ3) is 3.69. The molecular weight excluding hydrogens is 398 g/mol. The monoisotopic (exact) mass is 415 g/mol. The molecule has 1 aliphatic heterocycles. The van der Waals surface area contributed by atoms with Crippen molar-refractivity contribution in [1.82, 2.24) is 0 Å². The van der Waals surface area contributed by atoms with Gasteiger partial charge in [0.15, 0.2) is 12.4 Å². The Bertz CT molecular complexity index is 1200. The average molecular weight is 415 g/mol. The van der Waals surface area contributed by atoms with E-state index < -0.39 is 30.2 Å². The van der Waals surface area contributed by atoms with Crippen molar-refractivity contribution in [2.24, 2.45) is 0 Å². The Hall–Kier alpha value is -4.26. The number of ketones is 1. The summed E-state index contributed by atoms with van der Waals surface area (Å²) in [5.74, 6) is -1.78. The smallest absolute Gasteiger partial charge is 0.338 e. The van der Waals surface area contributed by atoms with Crippen LogP contribution in [-0.4, -0.2) is 37.3 Å². The molecule has 3 aromatic carbocycles. The molecule has 0 saturated heterocycles. The third-order valence-corrected chi connectivity index (χ3v) is 4.88. The fourth-order valence-electron chi connectivity index (χ4n) is 3.32. The zero-order chi connectivity index (χ0) is 22.0. The number of benzene rings is 3. The van der Waals surface area contributed by atoms with Crippen molar-refractivity contribution in [3.8, 4) is 5.75 Å². The van der Waals surface area contributed by atoms with Gasteiger partial charge in [-0.3, -0.25) is 14.4 Å². The first-order chi connectivity index (χ1) is 15.0.